The predicted molar refractivity (Wildman–Crippen MR) is 146 cm³/mol. The Morgan fingerprint density at radius 2 is 1.68 bits per heavy atom. The number of amides is 2. The summed E-state index contributed by atoms with van der Waals surface area (Å²) < 4.78 is 50.2. The predicted octanol–water partition coefficient (Wildman–Crippen LogP) is 4.28. The zero-order valence-electron chi connectivity index (χ0n) is 23.2. The van der Waals surface area contributed by atoms with Crippen LogP contribution in [0.4, 0.5) is 13.2 Å². The van der Waals surface area contributed by atoms with E-state index >= 15 is 0 Å². The highest BCUT2D eigenvalue weighted by molar-refractivity contribution is 8.15. The molecule has 10 nitrogen and oxygen atoms in total. The Morgan fingerprint density at radius 1 is 1.05 bits per heavy atom. The summed E-state index contributed by atoms with van der Waals surface area (Å²) in [4.78, 5) is 49.4. The van der Waals surface area contributed by atoms with E-state index in [0.29, 0.717) is 5.56 Å². The molecule has 1 aliphatic rings. The molecule has 0 bridgehead atoms. The van der Waals surface area contributed by atoms with Crippen molar-refractivity contribution in [1.29, 1.82) is 0 Å². The molecule has 2 amide bonds. The van der Waals surface area contributed by atoms with Crippen LogP contribution in [-0.4, -0.2) is 74.7 Å². The third-order valence-electron chi connectivity index (χ3n) is 6.60. The van der Waals surface area contributed by atoms with E-state index in [4.69, 9.17) is 14.9 Å². The first kappa shape index (κ1) is 30.3. The Hall–Kier alpha value is -3.65. The molecule has 14 heteroatoms. The molecule has 0 unspecified atom stereocenters. The summed E-state index contributed by atoms with van der Waals surface area (Å²) in [7, 11) is 1.32. The van der Waals surface area contributed by atoms with Gasteiger partial charge < -0.3 is 24.7 Å². The maximum Gasteiger partial charge on any atom is 0.433 e. The number of thioether (sulfide) groups is 1. The van der Waals surface area contributed by atoms with E-state index in [0.717, 1.165) is 17.8 Å². The van der Waals surface area contributed by atoms with Crippen LogP contribution in [0.2, 0.25) is 0 Å². The number of oxazole rings is 1. The zero-order valence-corrected chi connectivity index (χ0v) is 24.0. The lowest BCUT2D eigenvalue weighted by molar-refractivity contribution is -0.141. The fourth-order valence-corrected chi connectivity index (χ4v) is 5.59. The van der Waals surface area contributed by atoms with Gasteiger partial charge in [0.05, 0.1) is 17.9 Å². The SMILES string of the molecule is COc1ccc(-c2nc(C(=O)N3CCN(C(=O)C(C)(C)SC(C)=O)CC3)c([C@H](C)N)o2)c2ccc(C(F)(F)F)nc12. The van der Waals surface area contributed by atoms with E-state index in [-0.39, 0.29) is 71.2 Å². The number of methoxy groups -OCH3 is 1. The average Bonchev–Trinajstić information content (AvgIpc) is 3.36. The molecule has 41 heavy (non-hydrogen) atoms. The maximum absolute atomic E-state index is 13.5. The Labute approximate surface area is 238 Å². The Morgan fingerprint density at radius 3 is 2.24 bits per heavy atom. The summed E-state index contributed by atoms with van der Waals surface area (Å²) in [6.45, 7) is 7.38. The van der Waals surface area contributed by atoms with Crippen LogP contribution in [0.25, 0.3) is 22.4 Å². The first-order chi connectivity index (χ1) is 19.1. The molecular weight excluding hydrogens is 563 g/mol. The quantitative estimate of drug-likeness (QED) is 0.445. The van der Waals surface area contributed by atoms with Crippen molar-refractivity contribution in [1.82, 2.24) is 19.8 Å². The van der Waals surface area contributed by atoms with Crippen LogP contribution in [-0.2, 0) is 15.8 Å². The van der Waals surface area contributed by atoms with Gasteiger partial charge in [0.1, 0.15) is 17.0 Å². The summed E-state index contributed by atoms with van der Waals surface area (Å²) in [5, 5.41) is 0.121. The number of ether oxygens (including phenoxy) is 1. The highest BCUT2D eigenvalue weighted by Crippen LogP contribution is 2.37. The molecule has 2 aromatic heterocycles. The molecular formula is C27H30F3N5O5S. The number of rotatable bonds is 6. The van der Waals surface area contributed by atoms with Gasteiger partial charge in [-0.1, -0.05) is 11.8 Å². The molecule has 0 radical (unpaired) electrons. The zero-order chi connectivity index (χ0) is 30.3. The molecule has 1 aliphatic heterocycles. The Kier molecular flexibility index (Phi) is 8.37. The van der Waals surface area contributed by atoms with Crippen LogP contribution in [0, 0.1) is 0 Å². The maximum atomic E-state index is 13.5. The van der Waals surface area contributed by atoms with Crippen LogP contribution < -0.4 is 10.5 Å². The number of nitrogens with two attached hydrogens (primary N) is 1. The largest absolute Gasteiger partial charge is 0.494 e. The number of carbonyl (C=O) groups is 3. The van der Waals surface area contributed by atoms with Gasteiger partial charge in [0.2, 0.25) is 11.8 Å². The normalized spacial score (nSPS) is 15.2. The molecule has 3 aromatic rings. The van der Waals surface area contributed by atoms with E-state index in [1.807, 2.05) is 0 Å². The highest BCUT2D eigenvalue weighted by Gasteiger charge is 2.37. The van der Waals surface area contributed by atoms with Crippen molar-refractivity contribution in [3.8, 4) is 17.2 Å². The fraction of sp³-hybridized carbons (Fsp3) is 0.444. The van der Waals surface area contributed by atoms with E-state index in [1.54, 1.807) is 31.7 Å². The summed E-state index contributed by atoms with van der Waals surface area (Å²) in [6, 6.07) is 4.39. The van der Waals surface area contributed by atoms with Crippen molar-refractivity contribution < 1.29 is 36.7 Å². The van der Waals surface area contributed by atoms with Crippen LogP contribution in [0.3, 0.4) is 0 Å². The number of piperazine rings is 1. The first-order valence-electron chi connectivity index (χ1n) is 12.7. The molecule has 1 saturated heterocycles. The molecule has 220 valence electrons. The van der Waals surface area contributed by atoms with Gasteiger partial charge in [0, 0.05) is 44.1 Å². The molecule has 1 atom stereocenters. The standard InChI is InChI=1S/C27H30F3N5O5S/c1-14(31)22-21(24(37)34-10-12-35(13-11-34)25(38)26(3,4)41-15(2)36)33-23(40-22)17-6-8-18(39-5)20-16(17)7-9-19(32-20)27(28,29)30/h6-9,14H,10-13,31H2,1-5H3/t14-/m0/s1. The van der Waals surface area contributed by atoms with E-state index in [2.05, 4.69) is 9.97 Å². The van der Waals surface area contributed by atoms with Crippen molar-refractivity contribution in [2.45, 2.75) is 44.7 Å². The van der Waals surface area contributed by atoms with E-state index in [1.165, 1.54) is 31.1 Å². The van der Waals surface area contributed by atoms with Gasteiger partial charge in [0.15, 0.2) is 16.6 Å². The second-order valence-corrected chi connectivity index (χ2v) is 11.9. The van der Waals surface area contributed by atoms with Gasteiger partial charge in [-0.05, 0) is 45.0 Å². The summed E-state index contributed by atoms with van der Waals surface area (Å²) >= 11 is 0.958. The molecule has 4 rings (SSSR count). The van der Waals surface area contributed by atoms with Crippen molar-refractivity contribution >= 4 is 39.6 Å². The number of benzene rings is 1. The molecule has 0 saturated carbocycles. The number of fused-ring (bicyclic) bond motifs is 1. The monoisotopic (exact) mass is 593 g/mol. The second kappa shape index (κ2) is 11.3. The number of alkyl halides is 3. The molecule has 2 N–H and O–H groups in total. The van der Waals surface area contributed by atoms with Crippen molar-refractivity contribution in [2.75, 3.05) is 33.3 Å². The first-order valence-corrected chi connectivity index (χ1v) is 13.6. The van der Waals surface area contributed by atoms with Crippen LogP contribution in [0.1, 0.15) is 55.7 Å². The van der Waals surface area contributed by atoms with Crippen molar-refractivity contribution in [2.24, 2.45) is 5.73 Å². The third-order valence-corrected chi connectivity index (χ3v) is 7.57. The number of hydrogen-bond donors (Lipinski definition) is 1. The fourth-order valence-electron chi connectivity index (χ4n) is 4.66. The highest BCUT2D eigenvalue weighted by atomic mass is 32.2. The van der Waals surface area contributed by atoms with Crippen LogP contribution in [0.5, 0.6) is 5.75 Å². The number of pyridine rings is 1. The number of nitrogens with zero attached hydrogens (tertiary/aromatic N) is 4. The summed E-state index contributed by atoms with van der Waals surface area (Å²) in [6.07, 6.45) is -4.66. The van der Waals surface area contributed by atoms with E-state index in [9.17, 15) is 27.6 Å². The smallest absolute Gasteiger partial charge is 0.433 e. The molecule has 3 heterocycles. The summed E-state index contributed by atoms with van der Waals surface area (Å²) in [5.41, 5.74) is 5.27. The van der Waals surface area contributed by atoms with Gasteiger partial charge in [-0.3, -0.25) is 14.4 Å². The van der Waals surface area contributed by atoms with E-state index < -0.39 is 28.6 Å². The van der Waals surface area contributed by atoms with Crippen LogP contribution in [0.15, 0.2) is 28.7 Å². The molecule has 1 fully saturated rings. The lowest BCUT2D eigenvalue weighted by Gasteiger charge is -2.38. The third kappa shape index (κ3) is 6.17. The second-order valence-electron chi connectivity index (χ2n) is 10.1. The molecule has 0 aliphatic carbocycles. The van der Waals surface area contributed by atoms with Gasteiger partial charge in [0.25, 0.3) is 5.91 Å². The molecule has 0 spiro atoms. The minimum absolute atomic E-state index is 0.00770. The average molecular weight is 594 g/mol. The minimum Gasteiger partial charge on any atom is -0.494 e. The topological polar surface area (TPSA) is 132 Å². The lowest BCUT2D eigenvalue weighted by Crippen LogP contribution is -2.54. The van der Waals surface area contributed by atoms with Crippen molar-refractivity contribution in [3.63, 3.8) is 0 Å². The molecule has 1 aromatic carbocycles. The van der Waals surface area contributed by atoms with Gasteiger partial charge >= 0.3 is 6.18 Å². The Balaban J connectivity index is 1.63. The van der Waals surface area contributed by atoms with Gasteiger partial charge in [-0.2, -0.15) is 13.2 Å². The minimum atomic E-state index is -4.66. The summed E-state index contributed by atoms with van der Waals surface area (Å²) in [5.74, 6) is -0.411. The van der Waals surface area contributed by atoms with Gasteiger partial charge in [-0.25, -0.2) is 9.97 Å². The number of carbonyl (C=O) groups excluding carboxylic acids is 3. The van der Waals surface area contributed by atoms with Gasteiger partial charge in [-0.15, -0.1) is 0 Å². The lowest BCUT2D eigenvalue weighted by atomic mass is 10.1. The number of halogens is 3. The van der Waals surface area contributed by atoms with Crippen molar-refractivity contribution in [3.05, 3.63) is 41.4 Å². The van der Waals surface area contributed by atoms with Crippen LogP contribution >= 0.6 is 11.8 Å². The number of aromatic nitrogens is 2. The number of hydrogen-bond acceptors (Lipinski definition) is 9. The Bertz CT molecular complexity index is 1500.